The van der Waals surface area contributed by atoms with Gasteiger partial charge in [0.15, 0.2) is 0 Å². The van der Waals surface area contributed by atoms with Crippen molar-refractivity contribution in [1.82, 2.24) is 5.43 Å². The average Bonchev–Trinajstić information content (AvgIpc) is 2.53. The third-order valence-corrected chi connectivity index (χ3v) is 4.97. The number of amides is 1. The molecule has 2 rings (SSSR count). The Balaban J connectivity index is 1.92. The highest BCUT2D eigenvalue weighted by Crippen LogP contribution is 2.29. The molecule has 2 atom stereocenters. The molecule has 0 aliphatic heterocycles. The first-order chi connectivity index (χ1) is 10.1. The number of benzene rings is 1. The lowest BCUT2D eigenvalue weighted by Crippen LogP contribution is -2.30. The van der Waals surface area contributed by atoms with Crippen LogP contribution in [0.15, 0.2) is 22.7 Å². The monoisotopic (exact) mass is 354 g/mol. The first kappa shape index (κ1) is 16.5. The van der Waals surface area contributed by atoms with E-state index < -0.39 is 0 Å². The van der Waals surface area contributed by atoms with Gasteiger partial charge >= 0.3 is 0 Å². The number of ether oxygens (including phenoxy) is 1. The first-order valence-corrected chi connectivity index (χ1v) is 8.34. The van der Waals surface area contributed by atoms with Crippen molar-refractivity contribution in [1.29, 1.82) is 0 Å². The predicted octanol–water partition coefficient (Wildman–Crippen LogP) is 3.54. The molecule has 116 valence electrons. The third kappa shape index (κ3) is 4.53. The number of nitrogens with two attached hydrogens (primary N) is 1. The number of hydrogen-bond acceptors (Lipinski definition) is 3. The zero-order valence-electron chi connectivity index (χ0n) is 12.4. The summed E-state index contributed by atoms with van der Waals surface area (Å²) in [6.07, 6.45) is 6.53. The molecule has 0 heterocycles. The number of halogens is 1. The van der Waals surface area contributed by atoms with E-state index in [2.05, 4.69) is 28.3 Å². The number of nitrogens with one attached hydrogen (secondary N) is 1. The van der Waals surface area contributed by atoms with Crippen LogP contribution in [0.25, 0.3) is 0 Å². The second-order valence-electron chi connectivity index (χ2n) is 5.65. The minimum atomic E-state index is -0.291. The maximum Gasteiger partial charge on any atom is 0.265 e. The van der Waals surface area contributed by atoms with E-state index in [0.29, 0.717) is 18.3 Å². The zero-order chi connectivity index (χ0) is 15.2. The number of rotatable bonds is 5. The molecule has 1 aliphatic carbocycles. The molecule has 3 N–H and O–H groups in total. The Morgan fingerprint density at radius 2 is 2.29 bits per heavy atom. The molecule has 1 aromatic carbocycles. The number of carbonyl (C=O) groups is 1. The van der Waals surface area contributed by atoms with Gasteiger partial charge in [0, 0.05) is 10.0 Å². The fourth-order valence-electron chi connectivity index (χ4n) is 2.86. The Labute approximate surface area is 134 Å². The van der Waals surface area contributed by atoms with Gasteiger partial charge in [0.2, 0.25) is 0 Å². The highest BCUT2D eigenvalue weighted by molar-refractivity contribution is 9.10. The second kappa shape index (κ2) is 7.92. The van der Waals surface area contributed by atoms with Crippen molar-refractivity contribution < 1.29 is 9.53 Å². The Hall–Kier alpha value is -0.910. The Bertz CT molecular complexity index is 493. The largest absolute Gasteiger partial charge is 0.373 e. The normalized spacial score (nSPS) is 22.0. The summed E-state index contributed by atoms with van der Waals surface area (Å²) in [5.74, 6) is 5.65. The number of hydrazine groups is 1. The van der Waals surface area contributed by atoms with Crippen LogP contribution >= 0.6 is 15.9 Å². The summed E-state index contributed by atoms with van der Waals surface area (Å²) < 4.78 is 6.93. The van der Waals surface area contributed by atoms with Gasteiger partial charge in [-0.3, -0.25) is 10.2 Å². The van der Waals surface area contributed by atoms with Crippen molar-refractivity contribution in [3.05, 3.63) is 33.8 Å². The van der Waals surface area contributed by atoms with Gasteiger partial charge in [-0.15, -0.1) is 0 Å². The van der Waals surface area contributed by atoms with Crippen molar-refractivity contribution >= 4 is 21.8 Å². The lowest BCUT2D eigenvalue weighted by molar-refractivity contribution is 0.00153. The summed E-state index contributed by atoms with van der Waals surface area (Å²) in [7, 11) is 0. The lowest BCUT2D eigenvalue weighted by Gasteiger charge is -2.28. The molecule has 1 aliphatic rings. The Morgan fingerprint density at radius 3 is 2.95 bits per heavy atom. The topological polar surface area (TPSA) is 64.3 Å². The van der Waals surface area contributed by atoms with Gasteiger partial charge in [-0.1, -0.05) is 48.2 Å². The molecule has 5 heteroatoms. The number of hydrogen-bond donors (Lipinski definition) is 2. The highest BCUT2D eigenvalue weighted by atomic mass is 79.9. The summed E-state index contributed by atoms with van der Waals surface area (Å²) in [5, 5.41) is 0. The molecule has 1 fully saturated rings. The van der Waals surface area contributed by atoms with Crippen LogP contribution < -0.4 is 11.3 Å². The van der Waals surface area contributed by atoms with E-state index in [0.717, 1.165) is 22.4 Å². The van der Waals surface area contributed by atoms with Gasteiger partial charge < -0.3 is 4.74 Å². The Kier molecular flexibility index (Phi) is 6.21. The second-order valence-corrected chi connectivity index (χ2v) is 6.51. The summed E-state index contributed by atoms with van der Waals surface area (Å²) in [6.45, 7) is 2.83. The molecule has 1 saturated carbocycles. The van der Waals surface area contributed by atoms with Gasteiger partial charge in [-0.25, -0.2) is 5.84 Å². The zero-order valence-corrected chi connectivity index (χ0v) is 14.0. The standard InChI is InChI=1S/C16H23BrN2O2/c1-2-11-4-3-5-14(8-11)21-10-13-7-6-12(9-15(13)17)16(20)19-18/h6-7,9,11,14H,2-5,8,10,18H2,1H3,(H,19,20). The van der Waals surface area contributed by atoms with Crippen LogP contribution in [0.1, 0.15) is 54.9 Å². The number of carbonyl (C=O) groups excluding carboxylic acids is 1. The van der Waals surface area contributed by atoms with Crippen molar-refractivity contribution in [2.75, 3.05) is 0 Å². The van der Waals surface area contributed by atoms with Crippen LogP contribution in [0.4, 0.5) is 0 Å². The quantitative estimate of drug-likeness (QED) is 0.482. The molecular formula is C16H23BrN2O2. The molecule has 2 unspecified atom stereocenters. The van der Waals surface area contributed by atoms with Gasteiger partial charge in [0.25, 0.3) is 5.91 Å². The molecule has 21 heavy (non-hydrogen) atoms. The molecule has 0 saturated heterocycles. The van der Waals surface area contributed by atoms with Crippen molar-refractivity contribution in [3.63, 3.8) is 0 Å². The fraction of sp³-hybridized carbons (Fsp3) is 0.562. The molecule has 0 aromatic heterocycles. The maximum atomic E-state index is 11.5. The van der Waals surface area contributed by atoms with Crippen molar-refractivity contribution in [2.45, 2.75) is 51.7 Å². The SMILES string of the molecule is CCC1CCCC(OCc2ccc(C(=O)NN)cc2Br)C1. The van der Waals surface area contributed by atoms with Gasteiger partial charge in [0.05, 0.1) is 12.7 Å². The van der Waals surface area contributed by atoms with Gasteiger partial charge in [-0.2, -0.15) is 0 Å². The van der Waals surface area contributed by atoms with E-state index in [9.17, 15) is 4.79 Å². The van der Waals surface area contributed by atoms with Gasteiger partial charge in [-0.05, 0) is 36.5 Å². The molecular weight excluding hydrogens is 332 g/mol. The van der Waals surface area contributed by atoms with Crippen molar-refractivity contribution in [3.8, 4) is 0 Å². The molecule has 1 aromatic rings. The summed E-state index contributed by atoms with van der Waals surface area (Å²) in [4.78, 5) is 11.5. The molecule has 0 radical (unpaired) electrons. The minimum absolute atomic E-state index is 0.291. The predicted molar refractivity (Wildman–Crippen MR) is 86.6 cm³/mol. The van der Waals surface area contributed by atoms with Crippen LogP contribution in [0.2, 0.25) is 0 Å². The van der Waals surface area contributed by atoms with E-state index in [4.69, 9.17) is 10.6 Å². The van der Waals surface area contributed by atoms with E-state index in [1.807, 2.05) is 6.07 Å². The first-order valence-electron chi connectivity index (χ1n) is 7.55. The lowest BCUT2D eigenvalue weighted by atomic mass is 9.85. The van der Waals surface area contributed by atoms with Crippen LogP contribution in [0.5, 0.6) is 0 Å². The van der Waals surface area contributed by atoms with Crippen LogP contribution in [0.3, 0.4) is 0 Å². The summed E-state index contributed by atoms with van der Waals surface area (Å²) in [6, 6.07) is 5.45. The van der Waals surface area contributed by atoms with Crippen LogP contribution in [-0.2, 0) is 11.3 Å². The summed E-state index contributed by atoms with van der Waals surface area (Å²) in [5.41, 5.74) is 3.73. The van der Waals surface area contributed by atoms with Crippen LogP contribution in [0, 0.1) is 5.92 Å². The molecule has 0 bridgehead atoms. The molecule has 1 amide bonds. The average molecular weight is 355 g/mol. The Morgan fingerprint density at radius 1 is 1.48 bits per heavy atom. The number of nitrogen functional groups attached to an aromatic ring is 1. The summed E-state index contributed by atoms with van der Waals surface area (Å²) >= 11 is 3.49. The van der Waals surface area contributed by atoms with Crippen LogP contribution in [-0.4, -0.2) is 12.0 Å². The van der Waals surface area contributed by atoms with E-state index in [1.54, 1.807) is 12.1 Å². The maximum absolute atomic E-state index is 11.5. The van der Waals surface area contributed by atoms with E-state index >= 15 is 0 Å². The van der Waals surface area contributed by atoms with E-state index in [1.165, 1.54) is 25.7 Å². The van der Waals surface area contributed by atoms with E-state index in [-0.39, 0.29) is 5.91 Å². The van der Waals surface area contributed by atoms with Crippen molar-refractivity contribution in [2.24, 2.45) is 11.8 Å². The third-order valence-electron chi connectivity index (χ3n) is 4.23. The fourth-order valence-corrected chi connectivity index (χ4v) is 3.35. The molecule has 4 nitrogen and oxygen atoms in total. The highest BCUT2D eigenvalue weighted by Gasteiger charge is 2.21. The smallest absolute Gasteiger partial charge is 0.265 e. The minimum Gasteiger partial charge on any atom is -0.373 e. The molecule has 0 spiro atoms. The van der Waals surface area contributed by atoms with Gasteiger partial charge in [0.1, 0.15) is 0 Å².